The molecule has 0 saturated carbocycles. The molecule has 0 radical (unpaired) electrons. The number of nitrogens with zero attached hydrogens (tertiary/aromatic N) is 1. The number of benzene rings is 2. The van der Waals surface area contributed by atoms with Gasteiger partial charge in [-0.15, -0.1) is 11.3 Å². The molecular formula is C21H17FN2O5S2. The smallest absolute Gasteiger partial charge is 0.337 e. The first-order valence-corrected chi connectivity index (χ1v) is 11.1. The second kappa shape index (κ2) is 9.16. The predicted octanol–water partition coefficient (Wildman–Crippen LogP) is 3.59. The largest absolute Gasteiger partial charge is 0.495 e. The number of hydrogen-bond acceptors (Lipinski definition) is 7. The van der Waals surface area contributed by atoms with Crippen LogP contribution >= 0.6 is 11.3 Å². The van der Waals surface area contributed by atoms with Crippen LogP contribution in [0.25, 0.3) is 0 Å². The van der Waals surface area contributed by atoms with E-state index in [1.807, 2.05) is 0 Å². The summed E-state index contributed by atoms with van der Waals surface area (Å²) in [5, 5.41) is 1.43. The van der Waals surface area contributed by atoms with Crippen molar-refractivity contribution in [2.24, 2.45) is 0 Å². The van der Waals surface area contributed by atoms with Crippen LogP contribution in [0.3, 0.4) is 0 Å². The van der Waals surface area contributed by atoms with Gasteiger partial charge in [-0.05, 0) is 54.8 Å². The van der Waals surface area contributed by atoms with E-state index in [2.05, 4.69) is 26.3 Å². The van der Waals surface area contributed by atoms with Crippen molar-refractivity contribution in [2.45, 2.75) is 11.9 Å². The molecule has 160 valence electrons. The van der Waals surface area contributed by atoms with E-state index in [1.165, 1.54) is 49.9 Å². The molecule has 0 amide bonds. The van der Waals surface area contributed by atoms with Crippen molar-refractivity contribution in [3.8, 4) is 17.6 Å². The van der Waals surface area contributed by atoms with Crippen molar-refractivity contribution in [1.82, 2.24) is 4.98 Å². The topological polar surface area (TPSA) is 94.6 Å². The molecular weight excluding hydrogens is 443 g/mol. The van der Waals surface area contributed by atoms with Crippen LogP contribution in [-0.4, -0.2) is 33.6 Å². The number of carbonyl (C=O) groups excluding carboxylic acids is 1. The predicted molar refractivity (Wildman–Crippen MR) is 114 cm³/mol. The van der Waals surface area contributed by atoms with Gasteiger partial charge in [-0.2, -0.15) is 8.42 Å². The normalized spacial score (nSPS) is 10.7. The van der Waals surface area contributed by atoms with Crippen LogP contribution < -0.4 is 9.46 Å². The molecule has 10 heteroatoms. The van der Waals surface area contributed by atoms with Crippen molar-refractivity contribution in [2.75, 3.05) is 18.9 Å². The summed E-state index contributed by atoms with van der Waals surface area (Å²) >= 11 is 1.06. The standard InChI is InChI=1S/C21H17FN2O5S2/c1-13-10-14(4-7-16(13)22)5-9-19-23-20(12-30-19)31(26,27)24-17-8-6-15(21(25)29-3)11-18(17)28-2/h4,6-8,10-12,24H,1-3H3. The lowest BCUT2D eigenvalue weighted by Gasteiger charge is -2.11. The minimum Gasteiger partial charge on any atom is -0.495 e. The third kappa shape index (κ3) is 5.20. The van der Waals surface area contributed by atoms with Gasteiger partial charge in [0.1, 0.15) is 11.6 Å². The number of nitrogens with one attached hydrogen (secondary N) is 1. The average molecular weight is 461 g/mol. The maximum Gasteiger partial charge on any atom is 0.337 e. The summed E-state index contributed by atoms with van der Waals surface area (Å²) in [5.74, 6) is 4.86. The SMILES string of the molecule is COC(=O)c1ccc(NS(=O)(=O)c2csc(C#Cc3ccc(F)c(C)c3)n2)c(OC)c1. The molecule has 0 bridgehead atoms. The number of anilines is 1. The highest BCUT2D eigenvalue weighted by molar-refractivity contribution is 7.92. The van der Waals surface area contributed by atoms with Crippen LogP contribution in [0.4, 0.5) is 10.1 Å². The molecule has 3 aromatic rings. The van der Waals surface area contributed by atoms with Crippen LogP contribution in [0.15, 0.2) is 46.8 Å². The van der Waals surface area contributed by atoms with Crippen molar-refractivity contribution >= 4 is 33.0 Å². The van der Waals surface area contributed by atoms with Crippen LogP contribution in [0.5, 0.6) is 5.75 Å². The molecule has 1 aromatic heterocycles. The Labute approximate surface area is 182 Å². The Morgan fingerprint density at radius 3 is 2.61 bits per heavy atom. The van der Waals surface area contributed by atoms with Gasteiger partial charge in [-0.3, -0.25) is 4.72 Å². The first-order chi connectivity index (χ1) is 14.7. The number of aromatic nitrogens is 1. The monoisotopic (exact) mass is 460 g/mol. The molecule has 0 unspecified atom stereocenters. The number of methoxy groups -OCH3 is 2. The lowest BCUT2D eigenvalue weighted by Crippen LogP contribution is -2.14. The van der Waals surface area contributed by atoms with Gasteiger partial charge in [-0.25, -0.2) is 14.2 Å². The minimum atomic E-state index is -4.02. The lowest BCUT2D eigenvalue weighted by atomic mass is 10.1. The molecule has 0 aliphatic carbocycles. The molecule has 0 aliphatic heterocycles. The lowest BCUT2D eigenvalue weighted by molar-refractivity contribution is 0.0600. The molecule has 0 aliphatic rings. The van der Waals surface area contributed by atoms with E-state index in [9.17, 15) is 17.6 Å². The Kier molecular flexibility index (Phi) is 6.58. The van der Waals surface area contributed by atoms with Gasteiger partial charge < -0.3 is 9.47 Å². The van der Waals surface area contributed by atoms with E-state index < -0.39 is 16.0 Å². The highest BCUT2D eigenvalue weighted by atomic mass is 32.2. The maximum atomic E-state index is 13.3. The highest BCUT2D eigenvalue weighted by Crippen LogP contribution is 2.28. The third-order valence-corrected chi connectivity index (χ3v) is 6.25. The van der Waals surface area contributed by atoms with Crippen LogP contribution in [0, 0.1) is 24.6 Å². The molecule has 0 atom stereocenters. The van der Waals surface area contributed by atoms with Crippen molar-refractivity contribution in [3.63, 3.8) is 0 Å². The first-order valence-electron chi connectivity index (χ1n) is 8.76. The average Bonchev–Trinajstić information content (AvgIpc) is 3.24. The molecule has 0 spiro atoms. The summed E-state index contributed by atoms with van der Waals surface area (Å²) in [6.07, 6.45) is 0. The zero-order valence-electron chi connectivity index (χ0n) is 16.7. The molecule has 7 nitrogen and oxygen atoms in total. The number of sulfonamides is 1. The molecule has 0 fully saturated rings. The van der Waals surface area contributed by atoms with Crippen LogP contribution in [-0.2, 0) is 14.8 Å². The summed E-state index contributed by atoms with van der Waals surface area (Å²) in [6, 6.07) is 8.62. The summed E-state index contributed by atoms with van der Waals surface area (Å²) < 4.78 is 51.0. The Hall–Kier alpha value is -3.42. The second-order valence-electron chi connectivity index (χ2n) is 6.22. The van der Waals surface area contributed by atoms with Gasteiger partial charge in [0, 0.05) is 10.9 Å². The number of aryl methyl sites for hydroxylation is 1. The number of hydrogen-bond donors (Lipinski definition) is 1. The quantitative estimate of drug-likeness (QED) is 0.462. The van der Waals surface area contributed by atoms with Gasteiger partial charge in [0.25, 0.3) is 10.0 Å². The Morgan fingerprint density at radius 1 is 1.16 bits per heavy atom. The Bertz CT molecular complexity index is 1310. The fourth-order valence-corrected chi connectivity index (χ4v) is 4.51. The van der Waals surface area contributed by atoms with Crippen molar-refractivity contribution < 1.29 is 27.1 Å². The van der Waals surface area contributed by atoms with E-state index >= 15 is 0 Å². The van der Waals surface area contributed by atoms with E-state index in [0.717, 1.165) is 11.3 Å². The van der Waals surface area contributed by atoms with E-state index in [0.29, 0.717) is 11.1 Å². The van der Waals surface area contributed by atoms with Gasteiger partial charge in [0.2, 0.25) is 0 Å². The fraction of sp³-hybridized carbons (Fsp3) is 0.143. The number of halogens is 1. The van der Waals surface area contributed by atoms with Gasteiger partial charge >= 0.3 is 5.97 Å². The molecule has 1 heterocycles. The molecule has 1 N–H and O–H groups in total. The number of rotatable bonds is 5. The minimum absolute atomic E-state index is 0.137. The zero-order chi connectivity index (χ0) is 22.6. The van der Waals surface area contributed by atoms with Gasteiger partial charge in [0.05, 0.1) is 25.5 Å². The van der Waals surface area contributed by atoms with Gasteiger partial charge in [-0.1, -0.05) is 5.92 Å². The molecule has 2 aromatic carbocycles. The van der Waals surface area contributed by atoms with E-state index in [-0.39, 0.29) is 32.9 Å². The Morgan fingerprint density at radius 2 is 1.94 bits per heavy atom. The number of ether oxygens (including phenoxy) is 2. The summed E-state index contributed by atoms with van der Waals surface area (Å²) in [6.45, 7) is 1.63. The molecule has 3 rings (SSSR count). The summed E-state index contributed by atoms with van der Waals surface area (Å²) in [4.78, 5) is 15.7. The Balaban J connectivity index is 1.83. The first kappa shape index (κ1) is 22.3. The fourth-order valence-electron chi connectivity index (χ4n) is 2.51. The number of thiazole rings is 1. The summed E-state index contributed by atoms with van der Waals surface area (Å²) in [5.41, 5.74) is 1.40. The maximum absolute atomic E-state index is 13.3. The zero-order valence-corrected chi connectivity index (χ0v) is 18.4. The van der Waals surface area contributed by atoms with Gasteiger partial charge in [0.15, 0.2) is 10.0 Å². The summed E-state index contributed by atoms with van der Waals surface area (Å²) in [7, 11) is -1.43. The second-order valence-corrected chi connectivity index (χ2v) is 8.70. The number of esters is 1. The van der Waals surface area contributed by atoms with Crippen LogP contribution in [0.2, 0.25) is 0 Å². The highest BCUT2D eigenvalue weighted by Gasteiger charge is 2.21. The van der Waals surface area contributed by atoms with Crippen molar-refractivity contribution in [1.29, 1.82) is 0 Å². The third-order valence-electron chi connectivity index (χ3n) is 4.10. The van der Waals surface area contributed by atoms with Crippen molar-refractivity contribution in [3.05, 3.63) is 69.3 Å². The molecule has 31 heavy (non-hydrogen) atoms. The molecule has 0 saturated heterocycles. The number of carbonyl (C=O) groups is 1. The van der Waals surface area contributed by atoms with E-state index in [4.69, 9.17) is 4.74 Å². The van der Waals surface area contributed by atoms with E-state index in [1.54, 1.807) is 13.0 Å². The van der Waals surface area contributed by atoms with Crippen LogP contribution in [0.1, 0.15) is 26.5 Å².